The number of nitriles is 1. The van der Waals surface area contributed by atoms with E-state index in [2.05, 4.69) is 6.07 Å². The minimum absolute atomic E-state index is 0.0314. The van der Waals surface area contributed by atoms with Gasteiger partial charge in [0.25, 0.3) is 5.69 Å². The van der Waals surface area contributed by atoms with Crippen molar-refractivity contribution in [2.45, 2.75) is 39.5 Å². The molecular formula is C16H18N2O3. The Balaban J connectivity index is 2.22. The Hall–Kier alpha value is -2.22. The van der Waals surface area contributed by atoms with Gasteiger partial charge in [0.1, 0.15) is 5.41 Å². The van der Waals surface area contributed by atoms with E-state index in [0.717, 1.165) is 0 Å². The van der Waals surface area contributed by atoms with Crippen LogP contribution in [0, 0.1) is 32.3 Å². The number of ketones is 1. The highest BCUT2D eigenvalue weighted by Crippen LogP contribution is 2.48. The van der Waals surface area contributed by atoms with Crippen LogP contribution in [0.2, 0.25) is 0 Å². The first kappa shape index (κ1) is 15.2. The number of nitro groups is 1. The van der Waals surface area contributed by atoms with E-state index in [1.807, 2.05) is 13.8 Å². The second-order valence-electron chi connectivity index (χ2n) is 6.29. The van der Waals surface area contributed by atoms with Crippen molar-refractivity contribution < 1.29 is 9.72 Å². The lowest BCUT2D eigenvalue weighted by Gasteiger charge is -2.22. The summed E-state index contributed by atoms with van der Waals surface area (Å²) in [5.41, 5.74) is -0.837. The van der Waals surface area contributed by atoms with Gasteiger partial charge in [0.15, 0.2) is 5.78 Å². The van der Waals surface area contributed by atoms with Crippen molar-refractivity contribution in [3.05, 3.63) is 39.9 Å². The summed E-state index contributed by atoms with van der Waals surface area (Å²) in [5.74, 6) is -0.0314. The van der Waals surface area contributed by atoms with E-state index in [-0.39, 0.29) is 11.5 Å². The summed E-state index contributed by atoms with van der Waals surface area (Å²) < 4.78 is 0. The molecule has 1 aliphatic rings. The summed E-state index contributed by atoms with van der Waals surface area (Å²) in [6.07, 6.45) is 1.94. The van der Waals surface area contributed by atoms with E-state index in [1.165, 1.54) is 6.07 Å². The van der Waals surface area contributed by atoms with Gasteiger partial charge in [0, 0.05) is 17.0 Å². The highest BCUT2D eigenvalue weighted by molar-refractivity contribution is 5.94. The first-order chi connectivity index (χ1) is 9.82. The average molecular weight is 286 g/mol. The minimum atomic E-state index is -0.993. The van der Waals surface area contributed by atoms with Gasteiger partial charge >= 0.3 is 0 Å². The molecule has 0 amide bonds. The van der Waals surface area contributed by atoms with Crippen LogP contribution < -0.4 is 0 Å². The molecule has 110 valence electrons. The molecule has 2 rings (SSSR count). The summed E-state index contributed by atoms with van der Waals surface area (Å²) in [5, 5.41) is 20.5. The van der Waals surface area contributed by atoms with Gasteiger partial charge in [-0.25, -0.2) is 0 Å². The fraction of sp³-hybridized carbons (Fsp3) is 0.500. The number of hydrogen-bond donors (Lipinski definition) is 0. The lowest BCUT2D eigenvalue weighted by molar-refractivity contribution is -0.385. The smallest absolute Gasteiger partial charge is 0.272 e. The maximum absolute atomic E-state index is 12.5. The summed E-state index contributed by atoms with van der Waals surface area (Å²) >= 11 is 0. The third-order valence-electron chi connectivity index (χ3n) is 4.45. The van der Waals surface area contributed by atoms with Crippen LogP contribution in [0.3, 0.4) is 0 Å². The predicted octanol–water partition coefficient (Wildman–Crippen LogP) is 3.43. The molecule has 1 aromatic rings. The zero-order valence-corrected chi connectivity index (χ0v) is 12.3. The topological polar surface area (TPSA) is 84.0 Å². The average Bonchev–Trinajstić information content (AvgIpc) is 2.69. The van der Waals surface area contributed by atoms with E-state index in [1.54, 1.807) is 18.2 Å². The van der Waals surface area contributed by atoms with Gasteiger partial charge in [0.2, 0.25) is 0 Å². The second-order valence-corrected chi connectivity index (χ2v) is 6.29. The quantitative estimate of drug-likeness (QED) is 0.627. The Labute approximate surface area is 123 Å². The third kappa shape index (κ3) is 2.66. The molecule has 0 spiro atoms. The zero-order valence-electron chi connectivity index (χ0n) is 12.3. The fourth-order valence-corrected chi connectivity index (χ4v) is 3.05. The van der Waals surface area contributed by atoms with Crippen molar-refractivity contribution in [3.8, 4) is 6.07 Å². The Morgan fingerprint density at radius 3 is 2.52 bits per heavy atom. The summed E-state index contributed by atoms with van der Waals surface area (Å²) in [4.78, 5) is 23.1. The van der Waals surface area contributed by atoms with Crippen LogP contribution in [0.25, 0.3) is 0 Å². The van der Waals surface area contributed by atoms with E-state index in [9.17, 15) is 20.2 Å². The van der Waals surface area contributed by atoms with Crippen molar-refractivity contribution in [3.63, 3.8) is 0 Å². The standard InChI is InChI=1S/C16H18N2O3/c1-15(2)9-10-16(11-17,14(15)19)8-7-12-5-3-4-6-13(12)18(20)21/h3-6H,7-10H2,1-2H3. The van der Waals surface area contributed by atoms with Gasteiger partial charge < -0.3 is 0 Å². The number of rotatable bonds is 4. The van der Waals surface area contributed by atoms with Gasteiger partial charge in [0.05, 0.1) is 11.0 Å². The molecule has 0 N–H and O–H groups in total. The monoisotopic (exact) mass is 286 g/mol. The molecule has 1 aliphatic carbocycles. The maximum Gasteiger partial charge on any atom is 0.272 e. The number of nitro benzene ring substituents is 1. The number of carbonyl (C=O) groups excluding carboxylic acids is 1. The molecule has 1 atom stereocenters. The molecule has 0 aromatic heterocycles. The molecule has 5 nitrogen and oxygen atoms in total. The normalized spacial score (nSPS) is 23.8. The lowest BCUT2D eigenvalue weighted by Crippen LogP contribution is -2.31. The molecule has 0 saturated heterocycles. The number of para-hydroxylation sites is 1. The van der Waals surface area contributed by atoms with Crippen LogP contribution in [0.1, 0.15) is 38.7 Å². The van der Waals surface area contributed by atoms with Crippen molar-refractivity contribution in [1.29, 1.82) is 5.26 Å². The van der Waals surface area contributed by atoms with Crippen LogP contribution in [-0.4, -0.2) is 10.7 Å². The Kier molecular flexibility index (Phi) is 3.82. The fourth-order valence-electron chi connectivity index (χ4n) is 3.05. The molecule has 0 aliphatic heterocycles. The largest absolute Gasteiger partial charge is 0.297 e. The molecule has 21 heavy (non-hydrogen) atoms. The first-order valence-corrected chi connectivity index (χ1v) is 7.01. The van der Waals surface area contributed by atoms with Crippen molar-refractivity contribution in [1.82, 2.24) is 0 Å². The molecule has 5 heteroatoms. The van der Waals surface area contributed by atoms with Crippen LogP contribution in [0.4, 0.5) is 5.69 Å². The molecule has 0 radical (unpaired) electrons. The molecule has 1 unspecified atom stereocenters. The van der Waals surface area contributed by atoms with Crippen LogP contribution in [0.15, 0.2) is 24.3 Å². The number of aryl methyl sites for hydroxylation is 1. The number of nitrogens with zero attached hydrogens (tertiary/aromatic N) is 2. The van der Waals surface area contributed by atoms with Gasteiger partial charge in [-0.05, 0) is 25.7 Å². The van der Waals surface area contributed by atoms with Crippen LogP contribution in [0.5, 0.6) is 0 Å². The van der Waals surface area contributed by atoms with Gasteiger partial charge in [-0.15, -0.1) is 0 Å². The summed E-state index contributed by atoms with van der Waals surface area (Å²) in [6.45, 7) is 3.72. The number of benzene rings is 1. The minimum Gasteiger partial charge on any atom is -0.297 e. The first-order valence-electron chi connectivity index (χ1n) is 7.01. The number of Topliss-reactive ketones (excluding diaryl/α,β-unsaturated/α-hetero) is 1. The molecule has 1 fully saturated rings. The van der Waals surface area contributed by atoms with E-state index in [0.29, 0.717) is 31.2 Å². The molecule has 1 saturated carbocycles. The lowest BCUT2D eigenvalue weighted by atomic mass is 9.77. The Morgan fingerprint density at radius 1 is 1.33 bits per heavy atom. The molecule has 1 aromatic carbocycles. The van der Waals surface area contributed by atoms with Gasteiger partial charge in [-0.1, -0.05) is 32.0 Å². The second kappa shape index (κ2) is 5.28. The highest BCUT2D eigenvalue weighted by atomic mass is 16.6. The van der Waals surface area contributed by atoms with Crippen molar-refractivity contribution in [2.24, 2.45) is 10.8 Å². The predicted molar refractivity (Wildman–Crippen MR) is 77.5 cm³/mol. The maximum atomic E-state index is 12.5. The van der Waals surface area contributed by atoms with Gasteiger partial charge in [-0.2, -0.15) is 5.26 Å². The zero-order chi connectivity index (χ0) is 15.7. The van der Waals surface area contributed by atoms with Crippen molar-refractivity contribution in [2.75, 3.05) is 0 Å². The molecular weight excluding hydrogens is 268 g/mol. The Morgan fingerprint density at radius 2 is 2.00 bits per heavy atom. The van der Waals surface area contributed by atoms with E-state index >= 15 is 0 Å². The molecule has 0 heterocycles. The van der Waals surface area contributed by atoms with E-state index < -0.39 is 15.8 Å². The van der Waals surface area contributed by atoms with Crippen LogP contribution >= 0.6 is 0 Å². The third-order valence-corrected chi connectivity index (χ3v) is 4.45. The van der Waals surface area contributed by atoms with Gasteiger partial charge in [-0.3, -0.25) is 14.9 Å². The van der Waals surface area contributed by atoms with E-state index in [4.69, 9.17) is 0 Å². The summed E-state index contributed by atoms with van der Waals surface area (Å²) in [6, 6.07) is 8.68. The highest BCUT2D eigenvalue weighted by Gasteiger charge is 2.52. The van der Waals surface area contributed by atoms with Crippen LogP contribution in [-0.2, 0) is 11.2 Å². The molecule has 0 bridgehead atoms. The SMILES string of the molecule is CC1(C)CCC(C#N)(CCc2ccccc2[N+](=O)[O-])C1=O. The Bertz CT molecular complexity index is 631. The summed E-state index contributed by atoms with van der Waals surface area (Å²) in [7, 11) is 0. The number of carbonyl (C=O) groups is 1. The number of hydrogen-bond acceptors (Lipinski definition) is 4. The van der Waals surface area contributed by atoms with Crippen molar-refractivity contribution >= 4 is 11.5 Å².